The molecule has 0 spiro atoms. The van der Waals surface area contributed by atoms with Crippen LogP contribution in [0.3, 0.4) is 0 Å². The molecular formula is C28H27N3O6. The fourth-order valence-corrected chi connectivity index (χ4v) is 3.80. The molecular weight excluding hydrogens is 474 g/mol. The van der Waals surface area contributed by atoms with Gasteiger partial charge in [-0.3, -0.25) is 19.3 Å². The van der Waals surface area contributed by atoms with E-state index in [0.717, 1.165) is 0 Å². The van der Waals surface area contributed by atoms with E-state index in [1.54, 1.807) is 66.7 Å². The largest absolute Gasteiger partial charge is 0.494 e. The van der Waals surface area contributed by atoms with Gasteiger partial charge in [-0.2, -0.15) is 0 Å². The highest BCUT2D eigenvalue weighted by molar-refractivity contribution is 6.04. The smallest absolute Gasteiger partial charge is 0.287 e. The van der Waals surface area contributed by atoms with Gasteiger partial charge in [-0.05, 0) is 48.9 Å². The number of hydrogen-bond acceptors (Lipinski definition) is 6. The average Bonchev–Trinajstić information content (AvgIpc) is 3.64. The van der Waals surface area contributed by atoms with E-state index in [-0.39, 0.29) is 18.8 Å². The fourth-order valence-electron chi connectivity index (χ4n) is 3.80. The standard InChI is InChI=1S/C28H27N3O6/c1-2-35-22-12-6-11-21(17-22)31(25(32)19-30-27(33)24-14-8-16-37-24)26(20-9-4-3-5-10-20)28(34)29-18-23-13-7-15-36-23/h3-17,26H,2,18-19H2,1H3,(H,29,34)(H,30,33)/t26-/m1/s1. The summed E-state index contributed by atoms with van der Waals surface area (Å²) in [6, 6.07) is 21.4. The predicted octanol–water partition coefficient (Wildman–Crippen LogP) is 4.09. The van der Waals surface area contributed by atoms with Crippen LogP contribution in [0, 0.1) is 0 Å². The highest BCUT2D eigenvalue weighted by Crippen LogP contribution is 2.30. The maximum absolute atomic E-state index is 13.7. The molecule has 190 valence electrons. The number of carbonyl (C=O) groups is 3. The van der Waals surface area contributed by atoms with Crippen molar-refractivity contribution in [1.29, 1.82) is 0 Å². The van der Waals surface area contributed by atoms with Gasteiger partial charge in [-0.25, -0.2) is 0 Å². The highest BCUT2D eigenvalue weighted by atomic mass is 16.5. The summed E-state index contributed by atoms with van der Waals surface area (Å²) >= 11 is 0. The number of nitrogens with zero attached hydrogens (tertiary/aromatic N) is 1. The zero-order valence-corrected chi connectivity index (χ0v) is 20.3. The van der Waals surface area contributed by atoms with Gasteiger partial charge in [0.1, 0.15) is 17.6 Å². The van der Waals surface area contributed by atoms with E-state index >= 15 is 0 Å². The van der Waals surface area contributed by atoms with Crippen LogP contribution in [0.5, 0.6) is 5.75 Å². The molecule has 37 heavy (non-hydrogen) atoms. The molecule has 0 saturated carbocycles. The number of benzene rings is 2. The lowest BCUT2D eigenvalue weighted by molar-refractivity contribution is -0.126. The fraction of sp³-hybridized carbons (Fsp3) is 0.179. The van der Waals surface area contributed by atoms with Crippen LogP contribution in [0.4, 0.5) is 5.69 Å². The van der Waals surface area contributed by atoms with Gasteiger partial charge in [-0.1, -0.05) is 36.4 Å². The minimum Gasteiger partial charge on any atom is -0.494 e. The Morgan fingerprint density at radius 2 is 1.68 bits per heavy atom. The second-order valence-electron chi connectivity index (χ2n) is 7.96. The van der Waals surface area contributed by atoms with Crippen LogP contribution >= 0.6 is 0 Å². The molecule has 2 aromatic heterocycles. The Balaban J connectivity index is 1.68. The molecule has 0 fully saturated rings. The summed E-state index contributed by atoms with van der Waals surface area (Å²) in [5, 5.41) is 5.43. The van der Waals surface area contributed by atoms with Gasteiger partial charge >= 0.3 is 0 Å². The molecule has 3 amide bonds. The minimum atomic E-state index is -1.04. The van der Waals surface area contributed by atoms with Crippen molar-refractivity contribution in [2.75, 3.05) is 18.1 Å². The van der Waals surface area contributed by atoms with Crippen molar-refractivity contribution in [2.24, 2.45) is 0 Å². The Bertz CT molecular complexity index is 1300. The molecule has 4 aromatic rings. The quantitative estimate of drug-likeness (QED) is 0.320. The molecule has 9 heteroatoms. The number of carbonyl (C=O) groups excluding carboxylic acids is 3. The summed E-state index contributed by atoms with van der Waals surface area (Å²) in [7, 11) is 0. The van der Waals surface area contributed by atoms with E-state index in [0.29, 0.717) is 29.4 Å². The van der Waals surface area contributed by atoms with Crippen LogP contribution in [0.1, 0.15) is 34.8 Å². The highest BCUT2D eigenvalue weighted by Gasteiger charge is 2.33. The molecule has 9 nitrogen and oxygen atoms in total. The molecule has 2 N–H and O–H groups in total. The first-order valence-electron chi connectivity index (χ1n) is 11.8. The number of ether oxygens (including phenoxy) is 1. The van der Waals surface area contributed by atoms with E-state index in [4.69, 9.17) is 13.6 Å². The third-order valence-electron chi connectivity index (χ3n) is 5.46. The first kappa shape index (κ1) is 25.3. The molecule has 0 radical (unpaired) electrons. The van der Waals surface area contributed by atoms with E-state index in [2.05, 4.69) is 10.6 Å². The van der Waals surface area contributed by atoms with Crippen LogP contribution in [-0.2, 0) is 16.1 Å². The van der Waals surface area contributed by atoms with Crippen LogP contribution in [-0.4, -0.2) is 30.9 Å². The molecule has 0 aliphatic carbocycles. The number of rotatable bonds is 11. The second-order valence-corrected chi connectivity index (χ2v) is 7.96. The summed E-state index contributed by atoms with van der Waals surface area (Å²) in [4.78, 5) is 41.1. The van der Waals surface area contributed by atoms with E-state index in [1.165, 1.54) is 23.5 Å². The summed E-state index contributed by atoms with van der Waals surface area (Å²) in [6.07, 6.45) is 2.89. The molecule has 2 aromatic carbocycles. The molecule has 2 heterocycles. The average molecular weight is 502 g/mol. The van der Waals surface area contributed by atoms with Gasteiger partial charge in [0, 0.05) is 11.8 Å². The molecule has 1 atom stereocenters. The maximum atomic E-state index is 13.7. The number of furan rings is 2. The molecule has 0 bridgehead atoms. The Hall–Kier alpha value is -4.79. The Morgan fingerprint density at radius 3 is 2.38 bits per heavy atom. The summed E-state index contributed by atoms with van der Waals surface area (Å²) in [5.41, 5.74) is 1.03. The first-order valence-corrected chi connectivity index (χ1v) is 11.8. The zero-order chi connectivity index (χ0) is 26.0. The zero-order valence-electron chi connectivity index (χ0n) is 20.3. The van der Waals surface area contributed by atoms with Crippen molar-refractivity contribution < 1.29 is 28.0 Å². The first-order chi connectivity index (χ1) is 18.1. The third kappa shape index (κ3) is 6.46. The number of nitrogens with one attached hydrogen (secondary N) is 2. The molecule has 0 aliphatic rings. The van der Waals surface area contributed by atoms with Crippen molar-refractivity contribution in [2.45, 2.75) is 19.5 Å². The molecule has 4 rings (SSSR count). The van der Waals surface area contributed by atoms with Crippen LogP contribution < -0.4 is 20.3 Å². The van der Waals surface area contributed by atoms with Gasteiger partial charge in [0.25, 0.3) is 5.91 Å². The van der Waals surface area contributed by atoms with Crippen LogP contribution in [0.25, 0.3) is 0 Å². The number of amides is 3. The van der Waals surface area contributed by atoms with Crippen LogP contribution in [0.2, 0.25) is 0 Å². The van der Waals surface area contributed by atoms with Crippen molar-refractivity contribution >= 4 is 23.4 Å². The van der Waals surface area contributed by atoms with E-state index in [9.17, 15) is 14.4 Å². The normalized spacial score (nSPS) is 11.4. The van der Waals surface area contributed by atoms with Crippen LogP contribution in [0.15, 0.2) is 100 Å². The lowest BCUT2D eigenvalue weighted by Crippen LogP contribution is -2.47. The minimum absolute atomic E-state index is 0.0773. The van der Waals surface area contributed by atoms with Crippen molar-refractivity contribution in [3.8, 4) is 5.75 Å². The maximum Gasteiger partial charge on any atom is 0.287 e. The van der Waals surface area contributed by atoms with Gasteiger partial charge in [0.2, 0.25) is 11.8 Å². The Kier molecular flexibility index (Phi) is 8.38. The lowest BCUT2D eigenvalue weighted by Gasteiger charge is -2.31. The van der Waals surface area contributed by atoms with Crippen molar-refractivity contribution in [1.82, 2.24) is 10.6 Å². The van der Waals surface area contributed by atoms with Gasteiger partial charge in [-0.15, -0.1) is 0 Å². The molecule has 0 unspecified atom stereocenters. The summed E-state index contributed by atoms with van der Waals surface area (Å²) < 4.78 is 16.1. The van der Waals surface area contributed by atoms with Gasteiger partial charge in [0.05, 0.1) is 32.2 Å². The second kappa shape index (κ2) is 12.3. The Morgan fingerprint density at radius 1 is 0.892 bits per heavy atom. The number of anilines is 1. The molecule has 0 saturated heterocycles. The van der Waals surface area contributed by atoms with E-state index < -0.39 is 23.8 Å². The van der Waals surface area contributed by atoms with E-state index in [1.807, 2.05) is 13.0 Å². The monoisotopic (exact) mass is 501 g/mol. The topological polar surface area (TPSA) is 114 Å². The van der Waals surface area contributed by atoms with Crippen molar-refractivity contribution in [3.63, 3.8) is 0 Å². The SMILES string of the molecule is CCOc1cccc(N(C(=O)CNC(=O)c2ccco2)[C@@H](C(=O)NCc2ccco2)c2ccccc2)c1. The predicted molar refractivity (Wildman–Crippen MR) is 136 cm³/mol. The Labute approximate surface area is 214 Å². The molecule has 0 aliphatic heterocycles. The van der Waals surface area contributed by atoms with Gasteiger partial charge < -0.3 is 24.2 Å². The summed E-state index contributed by atoms with van der Waals surface area (Å²) in [5.74, 6) is -0.276. The summed E-state index contributed by atoms with van der Waals surface area (Å²) in [6.45, 7) is 2.07. The van der Waals surface area contributed by atoms with Crippen molar-refractivity contribution in [3.05, 3.63) is 108 Å². The van der Waals surface area contributed by atoms with Gasteiger partial charge in [0.15, 0.2) is 5.76 Å². The third-order valence-corrected chi connectivity index (χ3v) is 5.46. The number of hydrogen-bond donors (Lipinski definition) is 2. The lowest BCUT2D eigenvalue weighted by atomic mass is 10.0.